The van der Waals surface area contributed by atoms with E-state index in [4.69, 9.17) is 16.3 Å². The number of carbonyl (C=O) groups excluding carboxylic acids is 1. The number of hydrogen-bond donors (Lipinski definition) is 1. The van der Waals surface area contributed by atoms with Crippen molar-refractivity contribution in [3.8, 4) is 0 Å². The molecule has 1 aliphatic rings. The fourth-order valence-electron chi connectivity index (χ4n) is 0.929. The maximum Gasteiger partial charge on any atom is 0.230 e. The first-order chi connectivity index (χ1) is 5.54. The van der Waals surface area contributed by atoms with Crippen LogP contribution in [0.4, 0.5) is 0 Å². The molecule has 0 spiro atoms. The van der Waals surface area contributed by atoms with Gasteiger partial charge >= 0.3 is 0 Å². The Balaban J connectivity index is 2.33. The van der Waals surface area contributed by atoms with Gasteiger partial charge in [0.2, 0.25) is 5.91 Å². The predicted molar refractivity (Wildman–Crippen MR) is 46.9 cm³/mol. The van der Waals surface area contributed by atoms with Crippen molar-refractivity contribution in [2.45, 2.75) is 6.92 Å². The van der Waals surface area contributed by atoms with E-state index >= 15 is 0 Å². The topological polar surface area (TPSA) is 38.3 Å². The van der Waals surface area contributed by atoms with Crippen molar-refractivity contribution in [2.24, 2.45) is 5.41 Å². The molecule has 68 valence electrons. The highest BCUT2D eigenvalue weighted by Crippen LogP contribution is 2.26. The summed E-state index contributed by atoms with van der Waals surface area (Å²) >= 11 is 5.49. The van der Waals surface area contributed by atoms with Crippen LogP contribution in [0.2, 0.25) is 0 Å². The largest absolute Gasteiger partial charge is 0.379 e. The molecule has 0 aliphatic carbocycles. The minimum absolute atomic E-state index is 0.0180. The number of carbonyl (C=O) groups is 1. The van der Waals surface area contributed by atoms with Gasteiger partial charge in [0.15, 0.2) is 0 Å². The molecule has 0 unspecified atom stereocenters. The maximum atomic E-state index is 11.4. The highest BCUT2D eigenvalue weighted by Gasteiger charge is 2.40. The lowest BCUT2D eigenvalue weighted by Crippen LogP contribution is -2.52. The Morgan fingerprint density at radius 3 is 2.67 bits per heavy atom. The summed E-state index contributed by atoms with van der Waals surface area (Å²) in [6, 6.07) is 0. The summed E-state index contributed by atoms with van der Waals surface area (Å²) in [7, 11) is 0. The molecule has 1 N–H and O–H groups in total. The van der Waals surface area contributed by atoms with Gasteiger partial charge in [0, 0.05) is 5.03 Å². The van der Waals surface area contributed by atoms with Crippen LogP contribution in [0.1, 0.15) is 6.92 Å². The number of rotatable bonds is 3. The third kappa shape index (κ3) is 1.99. The van der Waals surface area contributed by atoms with Crippen molar-refractivity contribution >= 4 is 17.5 Å². The van der Waals surface area contributed by atoms with Crippen LogP contribution in [-0.2, 0) is 9.53 Å². The minimum Gasteiger partial charge on any atom is -0.379 e. The van der Waals surface area contributed by atoms with Crippen LogP contribution in [0.25, 0.3) is 0 Å². The number of hydrogen-bond acceptors (Lipinski definition) is 2. The second-order valence-corrected chi connectivity index (χ2v) is 3.79. The lowest BCUT2D eigenvalue weighted by atomic mass is 9.88. The predicted octanol–water partition coefficient (Wildman–Crippen LogP) is 0.892. The number of nitrogens with one attached hydrogen (secondary N) is 1. The fourth-order valence-corrected chi connectivity index (χ4v) is 0.996. The highest BCUT2D eigenvalue weighted by molar-refractivity contribution is 6.29. The molecule has 3 nitrogen and oxygen atoms in total. The highest BCUT2D eigenvalue weighted by atomic mass is 35.5. The van der Waals surface area contributed by atoms with Crippen molar-refractivity contribution in [2.75, 3.05) is 19.8 Å². The van der Waals surface area contributed by atoms with Crippen LogP contribution >= 0.6 is 11.6 Å². The SMILES string of the molecule is C=C(Cl)CNC(=O)C1(C)COC1. The van der Waals surface area contributed by atoms with Gasteiger partial charge in [-0.05, 0) is 6.92 Å². The Hall–Kier alpha value is -0.540. The maximum absolute atomic E-state index is 11.4. The molecule has 0 aromatic heterocycles. The van der Waals surface area contributed by atoms with Gasteiger partial charge in [-0.25, -0.2) is 0 Å². The van der Waals surface area contributed by atoms with Gasteiger partial charge in [0.25, 0.3) is 0 Å². The Morgan fingerprint density at radius 1 is 1.75 bits per heavy atom. The van der Waals surface area contributed by atoms with Crippen molar-refractivity contribution in [3.05, 3.63) is 11.6 Å². The van der Waals surface area contributed by atoms with Crippen molar-refractivity contribution in [1.82, 2.24) is 5.32 Å². The molecule has 1 fully saturated rings. The Kier molecular flexibility index (Phi) is 2.75. The molecule has 0 saturated carbocycles. The standard InChI is InChI=1S/C8H12ClNO2/c1-6(9)3-10-7(11)8(2)4-12-5-8/h1,3-5H2,2H3,(H,10,11). The lowest BCUT2D eigenvalue weighted by Gasteiger charge is -2.36. The lowest BCUT2D eigenvalue weighted by molar-refractivity contribution is -0.157. The molecule has 1 amide bonds. The molecule has 0 radical (unpaired) electrons. The molecule has 0 atom stereocenters. The first kappa shape index (κ1) is 9.55. The molecular weight excluding hydrogens is 178 g/mol. The summed E-state index contributed by atoms with van der Waals surface area (Å²) in [5.74, 6) is -0.0180. The quantitative estimate of drug-likeness (QED) is 0.716. The van der Waals surface area contributed by atoms with Crippen molar-refractivity contribution < 1.29 is 9.53 Å². The zero-order valence-electron chi connectivity index (χ0n) is 7.02. The average molecular weight is 190 g/mol. The van der Waals surface area contributed by atoms with Gasteiger partial charge < -0.3 is 10.1 Å². The van der Waals surface area contributed by atoms with E-state index in [1.165, 1.54) is 0 Å². The molecular formula is C8H12ClNO2. The Labute approximate surface area is 76.7 Å². The third-order valence-corrected chi connectivity index (χ3v) is 1.96. The van der Waals surface area contributed by atoms with Gasteiger partial charge in [-0.3, -0.25) is 4.79 Å². The summed E-state index contributed by atoms with van der Waals surface area (Å²) in [6.07, 6.45) is 0. The average Bonchev–Trinajstić information content (AvgIpc) is 1.95. The van der Waals surface area contributed by atoms with Gasteiger partial charge in [-0.2, -0.15) is 0 Å². The molecule has 1 rings (SSSR count). The van der Waals surface area contributed by atoms with Gasteiger partial charge in [-0.15, -0.1) is 0 Å². The molecule has 1 heterocycles. The van der Waals surface area contributed by atoms with E-state index in [-0.39, 0.29) is 11.3 Å². The van der Waals surface area contributed by atoms with Gasteiger partial charge in [0.1, 0.15) is 0 Å². The molecule has 4 heteroatoms. The second-order valence-electron chi connectivity index (χ2n) is 3.25. The smallest absolute Gasteiger partial charge is 0.230 e. The number of amides is 1. The monoisotopic (exact) mass is 189 g/mol. The molecule has 0 aromatic rings. The fraction of sp³-hybridized carbons (Fsp3) is 0.625. The van der Waals surface area contributed by atoms with Crippen LogP contribution in [0.5, 0.6) is 0 Å². The third-order valence-electron chi connectivity index (χ3n) is 1.83. The molecule has 0 bridgehead atoms. The van der Waals surface area contributed by atoms with E-state index in [2.05, 4.69) is 11.9 Å². The second kappa shape index (κ2) is 3.46. The van der Waals surface area contributed by atoms with Gasteiger partial charge in [-0.1, -0.05) is 18.2 Å². The minimum atomic E-state index is -0.355. The molecule has 0 aromatic carbocycles. The summed E-state index contributed by atoms with van der Waals surface area (Å²) < 4.78 is 4.95. The summed E-state index contributed by atoms with van der Waals surface area (Å²) in [5.41, 5.74) is -0.355. The number of ether oxygens (including phenoxy) is 1. The van der Waals surface area contributed by atoms with Crippen LogP contribution in [0, 0.1) is 5.41 Å². The first-order valence-electron chi connectivity index (χ1n) is 3.74. The summed E-state index contributed by atoms with van der Waals surface area (Å²) in [4.78, 5) is 11.4. The van der Waals surface area contributed by atoms with Gasteiger partial charge in [0.05, 0.1) is 25.2 Å². The van der Waals surface area contributed by atoms with Crippen LogP contribution < -0.4 is 5.32 Å². The Morgan fingerprint density at radius 2 is 2.33 bits per heavy atom. The first-order valence-corrected chi connectivity index (χ1v) is 4.12. The Bertz CT molecular complexity index is 211. The number of halogens is 1. The van der Waals surface area contributed by atoms with Crippen molar-refractivity contribution in [1.29, 1.82) is 0 Å². The summed E-state index contributed by atoms with van der Waals surface area (Å²) in [6.45, 7) is 6.65. The normalized spacial score (nSPS) is 19.5. The van der Waals surface area contributed by atoms with Crippen LogP contribution in [0.15, 0.2) is 11.6 Å². The van der Waals surface area contributed by atoms with E-state index in [9.17, 15) is 4.79 Å². The molecule has 12 heavy (non-hydrogen) atoms. The van der Waals surface area contributed by atoms with E-state index in [0.29, 0.717) is 24.8 Å². The van der Waals surface area contributed by atoms with Crippen LogP contribution in [0.3, 0.4) is 0 Å². The van der Waals surface area contributed by atoms with E-state index in [1.54, 1.807) is 0 Å². The van der Waals surface area contributed by atoms with E-state index in [0.717, 1.165) is 0 Å². The zero-order valence-corrected chi connectivity index (χ0v) is 7.78. The van der Waals surface area contributed by atoms with E-state index in [1.807, 2.05) is 6.92 Å². The van der Waals surface area contributed by atoms with Crippen molar-refractivity contribution in [3.63, 3.8) is 0 Å². The summed E-state index contributed by atoms with van der Waals surface area (Å²) in [5, 5.41) is 3.11. The molecule has 1 saturated heterocycles. The van der Waals surface area contributed by atoms with Crippen LogP contribution in [-0.4, -0.2) is 25.7 Å². The molecule has 1 aliphatic heterocycles. The zero-order chi connectivity index (χ0) is 9.19. The van der Waals surface area contributed by atoms with E-state index < -0.39 is 0 Å².